The summed E-state index contributed by atoms with van der Waals surface area (Å²) < 4.78 is 0. The summed E-state index contributed by atoms with van der Waals surface area (Å²) in [6, 6.07) is 0.435. The predicted octanol–water partition coefficient (Wildman–Crippen LogP) is 0.885. The van der Waals surface area contributed by atoms with Gasteiger partial charge in [-0.3, -0.25) is 10.1 Å². The maximum atomic E-state index is 12.0. The molecule has 1 amide bonds. The Balaban J connectivity index is 2.05. The van der Waals surface area contributed by atoms with Crippen LogP contribution in [0.15, 0.2) is 0 Å². The van der Waals surface area contributed by atoms with Crippen molar-refractivity contribution in [3.8, 4) is 0 Å². The fraction of sp³-hybridized carbons (Fsp3) is 0.923. The molecule has 98 valence electrons. The number of nitrogens with one attached hydrogen (secondary N) is 1. The summed E-state index contributed by atoms with van der Waals surface area (Å²) in [6.07, 6.45) is 3.60. The lowest BCUT2D eigenvalue weighted by atomic mass is 9.92. The normalized spacial score (nSPS) is 35.6. The summed E-state index contributed by atoms with van der Waals surface area (Å²) in [5, 5.41) is 3.35. The molecule has 3 unspecified atom stereocenters. The van der Waals surface area contributed by atoms with Gasteiger partial charge in [0.05, 0.1) is 12.7 Å². The zero-order valence-corrected chi connectivity index (χ0v) is 11.3. The number of rotatable bonds is 3. The Bertz CT molecular complexity index is 282. The van der Waals surface area contributed by atoms with Crippen molar-refractivity contribution in [2.24, 2.45) is 5.92 Å². The molecule has 0 aromatic carbocycles. The number of piperidine rings is 1. The van der Waals surface area contributed by atoms with E-state index < -0.39 is 0 Å². The monoisotopic (exact) mass is 239 g/mol. The lowest BCUT2D eigenvalue weighted by Crippen LogP contribution is -2.53. The highest BCUT2D eigenvalue weighted by Gasteiger charge is 2.39. The van der Waals surface area contributed by atoms with Crippen LogP contribution in [0, 0.1) is 5.92 Å². The highest BCUT2D eigenvalue weighted by Crippen LogP contribution is 2.26. The molecule has 0 aromatic rings. The topological polar surface area (TPSA) is 35.6 Å². The quantitative estimate of drug-likeness (QED) is 0.794. The molecule has 2 fully saturated rings. The fourth-order valence-corrected chi connectivity index (χ4v) is 3.25. The lowest BCUT2D eigenvalue weighted by molar-refractivity contribution is -0.132. The summed E-state index contributed by atoms with van der Waals surface area (Å²) in [4.78, 5) is 16.5. The molecule has 0 bridgehead atoms. The molecule has 17 heavy (non-hydrogen) atoms. The van der Waals surface area contributed by atoms with Crippen LogP contribution in [-0.2, 0) is 4.79 Å². The third-order valence-corrected chi connectivity index (χ3v) is 4.10. The minimum atomic E-state index is 0.281. The molecule has 2 saturated heterocycles. The van der Waals surface area contributed by atoms with E-state index in [1.54, 1.807) is 0 Å². The standard InChI is InChI=1S/C13H25N3O/c1-4-5-12-14-8-13(17)16(12)11-6-7-15(3)9-10(11)2/h10-12,14H,4-9H2,1-3H3. The summed E-state index contributed by atoms with van der Waals surface area (Å²) >= 11 is 0. The van der Waals surface area contributed by atoms with Gasteiger partial charge in [-0.2, -0.15) is 0 Å². The molecule has 4 heteroatoms. The van der Waals surface area contributed by atoms with Crippen LogP contribution >= 0.6 is 0 Å². The van der Waals surface area contributed by atoms with E-state index in [4.69, 9.17) is 0 Å². The summed E-state index contributed by atoms with van der Waals surface area (Å²) in [6.45, 7) is 7.20. The van der Waals surface area contributed by atoms with Crippen LogP contribution < -0.4 is 5.32 Å². The Morgan fingerprint density at radius 2 is 2.24 bits per heavy atom. The van der Waals surface area contributed by atoms with Gasteiger partial charge in [0.2, 0.25) is 5.91 Å². The molecule has 0 saturated carbocycles. The first-order valence-electron chi connectivity index (χ1n) is 6.86. The van der Waals surface area contributed by atoms with Crippen LogP contribution in [0.2, 0.25) is 0 Å². The van der Waals surface area contributed by atoms with Crippen molar-refractivity contribution in [1.82, 2.24) is 15.1 Å². The molecule has 4 nitrogen and oxygen atoms in total. The smallest absolute Gasteiger partial charge is 0.238 e. The number of nitrogens with zero attached hydrogens (tertiary/aromatic N) is 2. The van der Waals surface area contributed by atoms with Gasteiger partial charge < -0.3 is 9.80 Å². The SMILES string of the molecule is CCCC1NCC(=O)N1C1CCN(C)CC1C. The van der Waals surface area contributed by atoms with Crippen LogP contribution in [0.3, 0.4) is 0 Å². The highest BCUT2D eigenvalue weighted by molar-refractivity contribution is 5.81. The van der Waals surface area contributed by atoms with E-state index in [0.29, 0.717) is 24.4 Å². The Hall–Kier alpha value is -0.610. The molecule has 1 N–H and O–H groups in total. The molecular formula is C13H25N3O. The van der Waals surface area contributed by atoms with Crippen LogP contribution in [0.5, 0.6) is 0 Å². The van der Waals surface area contributed by atoms with E-state index in [1.165, 1.54) is 0 Å². The molecule has 0 aromatic heterocycles. The minimum Gasteiger partial charge on any atom is -0.323 e. The first kappa shape index (κ1) is 12.8. The first-order valence-corrected chi connectivity index (χ1v) is 6.86. The molecule has 2 aliphatic rings. The van der Waals surface area contributed by atoms with Gasteiger partial charge in [0.1, 0.15) is 0 Å². The van der Waals surface area contributed by atoms with Gasteiger partial charge in [-0.05, 0) is 32.4 Å². The highest BCUT2D eigenvalue weighted by atomic mass is 16.2. The van der Waals surface area contributed by atoms with Crippen molar-refractivity contribution < 1.29 is 4.79 Å². The Labute approximate surface area is 104 Å². The van der Waals surface area contributed by atoms with Crippen molar-refractivity contribution in [1.29, 1.82) is 0 Å². The Kier molecular flexibility index (Phi) is 4.05. The number of carbonyl (C=O) groups excluding carboxylic acids is 1. The average Bonchev–Trinajstić information content (AvgIpc) is 2.62. The van der Waals surface area contributed by atoms with Crippen molar-refractivity contribution in [2.45, 2.75) is 45.3 Å². The first-order chi connectivity index (χ1) is 8.13. The Morgan fingerprint density at radius 1 is 1.47 bits per heavy atom. The summed E-state index contributed by atoms with van der Waals surface area (Å²) in [7, 11) is 2.17. The number of likely N-dealkylation sites (tertiary alicyclic amines) is 1. The molecule has 3 atom stereocenters. The Morgan fingerprint density at radius 3 is 2.88 bits per heavy atom. The second-order valence-corrected chi connectivity index (χ2v) is 5.58. The number of hydrogen-bond donors (Lipinski definition) is 1. The second-order valence-electron chi connectivity index (χ2n) is 5.58. The number of carbonyl (C=O) groups is 1. The largest absolute Gasteiger partial charge is 0.323 e. The maximum absolute atomic E-state index is 12.0. The maximum Gasteiger partial charge on any atom is 0.238 e. The van der Waals surface area contributed by atoms with Gasteiger partial charge in [0.25, 0.3) is 0 Å². The molecule has 0 spiro atoms. The molecular weight excluding hydrogens is 214 g/mol. The van der Waals surface area contributed by atoms with E-state index >= 15 is 0 Å². The van der Waals surface area contributed by atoms with E-state index in [9.17, 15) is 4.79 Å². The second kappa shape index (κ2) is 5.36. The van der Waals surface area contributed by atoms with Gasteiger partial charge >= 0.3 is 0 Å². The van der Waals surface area contributed by atoms with Crippen LogP contribution in [0.25, 0.3) is 0 Å². The predicted molar refractivity (Wildman–Crippen MR) is 68.6 cm³/mol. The van der Waals surface area contributed by atoms with E-state index in [1.807, 2.05) is 0 Å². The van der Waals surface area contributed by atoms with Gasteiger partial charge in [-0.15, -0.1) is 0 Å². The van der Waals surface area contributed by atoms with E-state index in [0.717, 1.165) is 32.4 Å². The van der Waals surface area contributed by atoms with Crippen LogP contribution in [0.4, 0.5) is 0 Å². The minimum absolute atomic E-state index is 0.281. The van der Waals surface area contributed by atoms with Crippen molar-refractivity contribution in [3.05, 3.63) is 0 Å². The summed E-state index contributed by atoms with van der Waals surface area (Å²) in [5.74, 6) is 0.877. The van der Waals surface area contributed by atoms with Crippen molar-refractivity contribution in [2.75, 3.05) is 26.7 Å². The van der Waals surface area contributed by atoms with Crippen LogP contribution in [0.1, 0.15) is 33.1 Å². The molecule has 2 heterocycles. The van der Waals surface area contributed by atoms with Crippen LogP contribution in [-0.4, -0.2) is 54.6 Å². The van der Waals surface area contributed by atoms with Crippen molar-refractivity contribution >= 4 is 5.91 Å². The number of amides is 1. The van der Waals surface area contributed by atoms with Gasteiger partial charge in [0, 0.05) is 12.6 Å². The third kappa shape index (κ3) is 2.63. The third-order valence-electron chi connectivity index (χ3n) is 4.10. The molecule has 2 rings (SSSR count). The zero-order chi connectivity index (χ0) is 12.4. The molecule has 2 aliphatic heterocycles. The fourth-order valence-electron chi connectivity index (χ4n) is 3.25. The van der Waals surface area contributed by atoms with E-state index in [-0.39, 0.29) is 6.17 Å². The number of hydrogen-bond acceptors (Lipinski definition) is 3. The molecule has 0 aliphatic carbocycles. The zero-order valence-electron chi connectivity index (χ0n) is 11.3. The van der Waals surface area contributed by atoms with Gasteiger partial charge in [-0.25, -0.2) is 0 Å². The summed E-state index contributed by atoms with van der Waals surface area (Å²) in [5.41, 5.74) is 0. The van der Waals surface area contributed by atoms with Crippen molar-refractivity contribution in [3.63, 3.8) is 0 Å². The van der Waals surface area contributed by atoms with Gasteiger partial charge in [0.15, 0.2) is 0 Å². The average molecular weight is 239 g/mol. The van der Waals surface area contributed by atoms with E-state index in [2.05, 4.69) is 36.0 Å². The van der Waals surface area contributed by atoms with Gasteiger partial charge in [-0.1, -0.05) is 20.3 Å². The lowest BCUT2D eigenvalue weighted by Gasteiger charge is -2.42. The molecule has 0 radical (unpaired) electrons.